The topological polar surface area (TPSA) is 41.5 Å². The summed E-state index contributed by atoms with van der Waals surface area (Å²) < 4.78 is 13.0. The molecule has 1 heterocycles. The van der Waals surface area contributed by atoms with Crippen molar-refractivity contribution in [2.24, 2.45) is 5.10 Å². The van der Waals surface area contributed by atoms with Crippen LogP contribution in [0.1, 0.15) is 39.2 Å². The van der Waals surface area contributed by atoms with Gasteiger partial charge in [0, 0.05) is 10.3 Å². The van der Waals surface area contributed by atoms with Crippen LogP contribution in [0.5, 0.6) is 0 Å². The lowest BCUT2D eigenvalue weighted by Gasteiger charge is -2.11. The second-order valence-corrected chi connectivity index (χ2v) is 5.98. The van der Waals surface area contributed by atoms with Crippen molar-refractivity contribution in [1.29, 1.82) is 0 Å². The van der Waals surface area contributed by atoms with E-state index in [9.17, 15) is 9.18 Å². The van der Waals surface area contributed by atoms with Gasteiger partial charge in [-0.1, -0.05) is 12.1 Å². The molecule has 1 amide bonds. The quantitative estimate of drug-likeness (QED) is 0.684. The van der Waals surface area contributed by atoms with Gasteiger partial charge in [-0.05, 0) is 48.9 Å². The van der Waals surface area contributed by atoms with Gasteiger partial charge in [-0.15, -0.1) is 11.3 Å². The van der Waals surface area contributed by atoms with Gasteiger partial charge in [0.05, 0.1) is 11.8 Å². The average molecular weight is 302 g/mol. The zero-order chi connectivity index (χ0) is 14.7. The van der Waals surface area contributed by atoms with Crippen molar-refractivity contribution in [3.8, 4) is 0 Å². The number of amides is 1. The Labute approximate surface area is 126 Å². The van der Waals surface area contributed by atoms with Crippen LogP contribution in [-0.2, 0) is 12.8 Å². The van der Waals surface area contributed by atoms with Crippen molar-refractivity contribution in [2.45, 2.75) is 25.7 Å². The van der Waals surface area contributed by atoms with Gasteiger partial charge in [-0.3, -0.25) is 4.79 Å². The minimum absolute atomic E-state index is 0.193. The molecule has 0 saturated carbocycles. The second-order valence-electron chi connectivity index (χ2n) is 5.01. The van der Waals surface area contributed by atoms with Crippen molar-refractivity contribution >= 4 is 23.5 Å². The lowest BCUT2D eigenvalue weighted by atomic mass is 9.96. The molecule has 2 aromatic rings. The number of carbonyl (C=O) groups excluding carboxylic acids is 1. The summed E-state index contributed by atoms with van der Waals surface area (Å²) in [6.07, 6.45) is 5.82. The summed E-state index contributed by atoms with van der Waals surface area (Å²) in [6, 6.07) is 6.06. The Kier molecular flexibility index (Phi) is 4.10. The predicted octanol–water partition coefficient (Wildman–Crippen LogP) is 3.53. The van der Waals surface area contributed by atoms with Crippen molar-refractivity contribution in [1.82, 2.24) is 5.43 Å². The average Bonchev–Trinajstić information content (AvgIpc) is 2.91. The van der Waals surface area contributed by atoms with Crippen LogP contribution in [0.4, 0.5) is 4.39 Å². The number of carbonyl (C=O) groups is 1. The summed E-state index contributed by atoms with van der Waals surface area (Å²) in [4.78, 5) is 13.5. The Morgan fingerprint density at radius 1 is 1.33 bits per heavy atom. The van der Waals surface area contributed by atoms with Crippen LogP contribution in [0.15, 0.2) is 34.7 Å². The summed E-state index contributed by atoms with van der Waals surface area (Å²) >= 11 is 1.65. The summed E-state index contributed by atoms with van der Waals surface area (Å²) in [5, 5.41) is 5.81. The maximum atomic E-state index is 13.0. The van der Waals surface area contributed by atoms with Crippen molar-refractivity contribution < 1.29 is 9.18 Å². The number of benzene rings is 1. The molecule has 0 atom stereocenters. The third-order valence-electron chi connectivity index (χ3n) is 3.53. The lowest BCUT2D eigenvalue weighted by Crippen LogP contribution is -2.19. The van der Waals surface area contributed by atoms with E-state index in [0.717, 1.165) is 24.8 Å². The Balaban J connectivity index is 1.68. The molecule has 5 heteroatoms. The first-order chi connectivity index (χ1) is 10.2. The number of fused-ring (bicyclic) bond motifs is 1. The molecule has 108 valence electrons. The highest BCUT2D eigenvalue weighted by atomic mass is 32.1. The monoisotopic (exact) mass is 302 g/mol. The van der Waals surface area contributed by atoms with Crippen LogP contribution in [0.3, 0.4) is 0 Å². The fourth-order valence-electron chi connectivity index (χ4n) is 2.50. The molecule has 3 rings (SSSR count). The summed E-state index contributed by atoms with van der Waals surface area (Å²) in [7, 11) is 0. The molecule has 1 aliphatic carbocycles. The number of nitrogens with one attached hydrogen (secondary N) is 1. The van der Waals surface area contributed by atoms with Gasteiger partial charge in [0.25, 0.3) is 5.91 Å². The number of hydrazone groups is 1. The molecule has 21 heavy (non-hydrogen) atoms. The molecular formula is C16H15FN2OS. The van der Waals surface area contributed by atoms with E-state index in [-0.39, 0.29) is 11.7 Å². The molecule has 1 aromatic carbocycles. The highest BCUT2D eigenvalue weighted by Gasteiger charge is 2.19. The Bertz CT molecular complexity index is 693. The minimum Gasteiger partial charge on any atom is -0.267 e. The Hall–Kier alpha value is -2.01. The fraction of sp³-hybridized carbons (Fsp3) is 0.250. The normalized spacial score (nSPS) is 14.1. The summed E-state index contributed by atoms with van der Waals surface area (Å²) in [5.41, 5.74) is 5.03. The molecule has 0 radical (unpaired) electrons. The number of hydrogen-bond donors (Lipinski definition) is 1. The molecule has 1 aromatic heterocycles. The van der Waals surface area contributed by atoms with Crippen molar-refractivity contribution in [3.63, 3.8) is 0 Å². The second kappa shape index (κ2) is 6.18. The predicted molar refractivity (Wildman–Crippen MR) is 82.4 cm³/mol. The molecule has 0 aliphatic heterocycles. The molecule has 0 unspecified atom stereocenters. The molecule has 3 nitrogen and oxygen atoms in total. The fourth-order valence-corrected chi connectivity index (χ4v) is 3.62. The van der Waals surface area contributed by atoms with E-state index in [1.54, 1.807) is 23.5 Å². The third kappa shape index (κ3) is 3.19. The number of rotatable bonds is 3. The SMILES string of the molecule is O=C(NN=Cc1cccc(F)c1)c1csc2c1CCCC2. The Morgan fingerprint density at radius 3 is 3.05 bits per heavy atom. The maximum absolute atomic E-state index is 13.0. The number of aryl methyl sites for hydroxylation is 1. The molecule has 1 aliphatic rings. The standard InChI is InChI=1S/C16H15FN2OS/c17-12-5-3-4-11(8-12)9-18-19-16(20)14-10-21-15-7-2-1-6-13(14)15/h3-5,8-10H,1-2,6-7H2,(H,19,20). The number of thiophene rings is 1. The highest BCUT2D eigenvalue weighted by molar-refractivity contribution is 7.10. The van der Waals surface area contributed by atoms with Gasteiger partial charge in [0.1, 0.15) is 5.82 Å². The summed E-state index contributed by atoms with van der Waals surface area (Å²) in [5.74, 6) is -0.515. The lowest BCUT2D eigenvalue weighted by molar-refractivity contribution is 0.0954. The minimum atomic E-state index is -0.322. The van der Waals surface area contributed by atoms with Crippen molar-refractivity contribution in [2.75, 3.05) is 0 Å². The zero-order valence-electron chi connectivity index (χ0n) is 11.4. The largest absolute Gasteiger partial charge is 0.272 e. The molecular weight excluding hydrogens is 287 g/mol. The summed E-state index contributed by atoms with van der Waals surface area (Å²) in [6.45, 7) is 0. The first-order valence-electron chi connectivity index (χ1n) is 6.92. The highest BCUT2D eigenvalue weighted by Crippen LogP contribution is 2.30. The molecule has 0 bridgehead atoms. The van der Waals surface area contributed by atoms with Crippen molar-refractivity contribution in [3.05, 3.63) is 57.0 Å². The zero-order valence-corrected chi connectivity index (χ0v) is 12.3. The number of hydrogen-bond acceptors (Lipinski definition) is 3. The van der Waals surface area contributed by atoms with Gasteiger partial charge < -0.3 is 0 Å². The third-order valence-corrected chi connectivity index (χ3v) is 4.62. The molecule has 0 spiro atoms. The molecule has 0 fully saturated rings. The van der Waals surface area contributed by atoms with E-state index in [0.29, 0.717) is 5.56 Å². The van der Waals surface area contributed by atoms with Crippen LogP contribution in [0, 0.1) is 5.82 Å². The van der Waals surface area contributed by atoms with Crippen LogP contribution >= 0.6 is 11.3 Å². The van der Waals surface area contributed by atoms with Gasteiger partial charge in [-0.25, -0.2) is 9.82 Å². The van der Waals surface area contributed by atoms with Gasteiger partial charge in [0.15, 0.2) is 0 Å². The van der Waals surface area contributed by atoms with E-state index >= 15 is 0 Å². The van der Waals surface area contributed by atoms with Crippen LogP contribution in [0.25, 0.3) is 0 Å². The van der Waals surface area contributed by atoms with Crippen LogP contribution in [-0.4, -0.2) is 12.1 Å². The van der Waals surface area contributed by atoms with E-state index in [1.807, 2.05) is 5.38 Å². The first-order valence-corrected chi connectivity index (χ1v) is 7.80. The van der Waals surface area contributed by atoms with Crippen LogP contribution < -0.4 is 5.43 Å². The van der Waals surface area contributed by atoms with E-state index in [2.05, 4.69) is 10.5 Å². The van der Waals surface area contributed by atoms with Crippen LogP contribution in [0.2, 0.25) is 0 Å². The molecule has 0 saturated heterocycles. The van der Waals surface area contributed by atoms with E-state index in [4.69, 9.17) is 0 Å². The molecule has 1 N–H and O–H groups in total. The maximum Gasteiger partial charge on any atom is 0.272 e. The Morgan fingerprint density at radius 2 is 2.19 bits per heavy atom. The van der Waals surface area contributed by atoms with E-state index in [1.165, 1.54) is 35.2 Å². The van der Waals surface area contributed by atoms with Gasteiger partial charge in [0.2, 0.25) is 0 Å². The smallest absolute Gasteiger partial charge is 0.267 e. The first kappa shape index (κ1) is 13.9. The van der Waals surface area contributed by atoms with Gasteiger partial charge in [-0.2, -0.15) is 5.10 Å². The van der Waals surface area contributed by atoms with E-state index < -0.39 is 0 Å². The van der Waals surface area contributed by atoms with Gasteiger partial charge >= 0.3 is 0 Å². The number of nitrogens with zero attached hydrogens (tertiary/aromatic N) is 1. The number of halogens is 1.